The lowest BCUT2D eigenvalue weighted by Gasteiger charge is -2.23. The zero-order valence-electron chi connectivity index (χ0n) is 15.9. The minimum Gasteiger partial charge on any atom is -0.497 e. The summed E-state index contributed by atoms with van der Waals surface area (Å²) < 4.78 is 10.9. The van der Waals surface area contributed by atoms with E-state index in [1.165, 1.54) is 4.90 Å². The number of ether oxygens (including phenoxy) is 2. The van der Waals surface area contributed by atoms with Crippen LogP contribution >= 0.6 is 0 Å². The number of aliphatic hydroxyl groups is 2. The number of anilines is 1. The molecule has 0 radical (unpaired) electrons. The molecule has 2 atom stereocenters. The van der Waals surface area contributed by atoms with Gasteiger partial charge in [0.25, 0.3) is 0 Å². The average Bonchev–Trinajstić information content (AvgIpc) is 3.10. The van der Waals surface area contributed by atoms with E-state index in [2.05, 4.69) is 5.32 Å². The molecule has 2 aromatic carbocycles. The maximum Gasteiger partial charge on any atom is 0.322 e. The summed E-state index contributed by atoms with van der Waals surface area (Å²) in [6.45, 7) is 0.952. The number of β-amino-alcohol motifs (C(OH)–C–C–N with tert-alkyl or cyclic N) is 1. The van der Waals surface area contributed by atoms with Gasteiger partial charge in [0.05, 0.1) is 39.1 Å². The fourth-order valence-corrected chi connectivity index (χ4v) is 3.26. The molecule has 1 aliphatic heterocycles. The highest BCUT2D eigenvalue weighted by Gasteiger charge is 2.33. The van der Waals surface area contributed by atoms with Crippen molar-refractivity contribution in [3.05, 3.63) is 59.7 Å². The summed E-state index contributed by atoms with van der Waals surface area (Å²) in [5.41, 5.74) is 2.63. The molecule has 150 valence electrons. The van der Waals surface area contributed by atoms with Crippen LogP contribution in [0.25, 0.3) is 0 Å². The lowest BCUT2D eigenvalue weighted by molar-refractivity contribution is 0.107. The van der Waals surface area contributed by atoms with Gasteiger partial charge in [-0.3, -0.25) is 0 Å². The van der Waals surface area contributed by atoms with E-state index in [0.29, 0.717) is 25.3 Å². The Morgan fingerprint density at radius 1 is 1.18 bits per heavy atom. The molecule has 1 fully saturated rings. The number of amides is 2. The highest BCUT2D eigenvalue weighted by atomic mass is 16.5. The van der Waals surface area contributed by atoms with Crippen molar-refractivity contribution in [1.82, 2.24) is 4.90 Å². The summed E-state index contributed by atoms with van der Waals surface area (Å²) in [4.78, 5) is 13.9. The molecule has 1 saturated heterocycles. The van der Waals surface area contributed by atoms with E-state index in [9.17, 15) is 15.0 Å². The molecular weight excluding hydrogens is 360 g/mol. The van der Waals surface area contributed by atoms with Crippen molar-refractivity contribution in [2.75, 3.05) is 25.6 Å². The molecule has 2 amide bonds. The Balaban J connectivity index is 1.52. The third-order valence-electron chi connectivity index (χ3n) is 4.74. The van der Waals surface area contributed by atoms with Gasteiger partial charge in [-0.15, -0.1) is 0 Å². The number of benzene rings is 2. The summed E-state index contributed by atoms with van der Waals surface area (Å²) in [7, 11) is 1.63. The summed E-state index contributed by atoms with van der Waals surface area (Å²) in [5.74, 6) is 0.807. The third kappa shape index (κ3) is 5.22. The quantitative estimate of drug-likeness (QED) is 0.680. The summed E-state index contributed by atoms with van der Waals surface area (Å²) in [6, 6.07) is 14.4. The standard InChI is InChI=1S/C21H26N2O5/c1-27-20-7-5-15(6-8-20)13-28-14-16-3-2-4-17(9-16)22-21(26)23-11-19(25)10-18(23)12-24/h2-9,18-19,24-25H,10-14H2,1H3,(H,22,26)/t18-,19-/m0/s1. The molecule has 0 spiro atoms. The molecule has 2 aromatic rings. The van der Waals surface area contributed by atoms with Gasteiger partial charge < -0.3 is 29.9 Å². The number of carbonyl (C=O) groups is 1. The molecule has 0 aromatic heterocycles. The number of nitrogens with zero attached hydrogens (tertiary/aromatic N) is 1. The molecule has 28 heavy (non-hydrogen) atoms. The van der Waals surface area contributed by atoms with Crippen molar-refractivity contribution < 1.29 is 24.5 Å². The second-order valence-corrected chi connectivity index (χ2v) is 6.85. The van der Waals surface area contributed by atoms with E-state index in [0.717, 1.165) is 16.9 Å². The van der Waals surface area contributed by atoms with Crippen molar-refractivity contribution in [2.24, 2.45) is 0 Å². The number of carbonyl (C=O) groups excluding carboxylic acids is 1. The molecule has 7 nitrogen and oxygen atoms in total. The van der Waals surface area contributed by atoms with Gasteiger partial charge in [-0.05, 0) is 41.8 Å². The van der Waals surface area contributed by atoms with Crippen LogP contribution in [0.15, 0.2) is 48.5 Å². The average molecular weight is 386 g/mol. The van der Waals surface area contributed by atoms with Gasteiger partial charge >= 0.3 is 6.03 Å². The Morgan fingerprint density at radius 2 is 1.93 bits per heavy atom. The molecule has 3 N–H and O–H groups in total. The zero-order chi connectivity index (χ0) is 19.9. The maximum atomic E-state index is 12.4. The molecular formula is C21H26N2O5. The van der Waals surface area contributed by atoms with Gasteiger partial charge in [0.2, 0.25) is 0 Å². The van der Waals surface area contributed by atoms with E-state index in [-0.39, 0.29) is 25.2 Å². The van der Waals surface area contributed by atoms with Gasteiger partial charge in [-0.2, -0.15) is 0 Å². The Kier molecular flexibility index (Phi) is 6.86. The molecule has 0 unspecified atom stereocenters. The highest BCUT2D eigenvalue weighted by molar-refractivity contribution is 5.89. The van der Waals surface area contributed by atoms with Crippen LogP contribution in [-0.2, 0) is 18.0 Å². The van der Waals surface area contributed by atoms with Crippen LogP contribution in [0, 0.1) is 0 Å². The van der Waals surface area contributed by atoms with E-state index in [4.69, 9.17) is 9.47 Å². The molecule has 0 bridgehead atoms. The van der Waals surface area contributed by atoms with Crippen LogP contribution in [0.5, 0.6) is 5.75 Å². The van der Waals surface area contributed by atoms with Crippen molar-refractivity contribution in [3.8, 4) is 5.75 Å². The van der Waals surface area contributed by atoms with Crippen molar-refractivity contribution in [1.29, 1.82) is 0 Å². The minimum atomic E-state index is -0.597. The van der Waals surface area contributed by atoms with Crippen molar-refractivity contribution in [2.45, 2.75) is 31.8 Å². The van der Waals surface area contributed by atoms with E-state index >= 15 is 0 Å². The first-order valence-corrected chi connectivity index (χ1v) is 9.25. The second-order valence-electron chi connectivity index (χ2n) is 6.85. The van der Waals surface area contributed by atoms with Gasteiger partial charge in [0.1, 0.15) is 5.75 Å². The number of hydrogen-bond acceptors (Lipinski definition) is 5. The van der Waals surface area contributed by atoms with Crippen LogP contribution in [-0.4, -0.2) is 53.6 Å². The predicted molar refractivity (Wildman–Crippen MR) is 105 cm³/mol. The lowest BCUT2D eigenvalue weighted by atomic mass is 10.2. The molecule has 0 saturated carbocycles. The summed E-state index contributed by atoms with van der Waals surface area (Å²) in [5, 5.41) is 21.9. The second kappa shape index (κ2) is 9.54. The van der Waals surface area contributed by atoms with Gasteiger partial charge in [0, 0.05) is 12.2 Å². The summed E-state index contributed by atoms with van der Waals surface area (Å²) in [6.07, 6.45) is -0.205. The monoisotopic (exact) mass is 386 g/mol. The van der Waals surface area contributed by atoms with Gasteiger partial charge in [-0.25, -0.2) is 4.79 Å². The van der Waals surface area contributed by atoms with E-state index in [1.807, 2.05) is 42.5 Å². The first-order valence-electron chi connectivity index (χ1n) is 9.25. The van der Waals surface area contributed by atoms with Crippen LogP contribution in [0.4, 0.5) is 10.5 Å². The van der Waals surface area contributed by atoms with Crippen LogP contribution in [0.1, 0.15) is 17.5 Å². The topological polar surface area (TPSA) is 91.3 Å². The Morgan fingerprint density at radius 3 is 2.64 bits per heavy atom. The van der Waals surface area contributed by atoms with Crippen molar-refractivity contribution in [3.63, 3.8) is 0 Å². The number of hydrogen-bond donors (Lipinski definition) is 3. The predicted octanol–water partition coefficient (Wildman–Crippen LogP) is 2.37. The van der Waals surface area contributed by atoms with Gasteiger partial charge in [-0.1, -0.05) is 24.3 Å². The first-order chi connectivity index (χ1) is 13.6. The molecule has 1 aliphatic rings. The van der Waals surface area contributed by atoms with Crippen LogP contribution in [0.2, 0.25) is 0 Å². The zero-order valence-corrected chi connectivity index (χ0v) is 15.9. The molecule has 7 heteroatoms. The summed E-state index contributed by atoms with van der Waals surface area (Å²) >= 11 is 0. The first kappa shape index (κ1) is 20.1. The number of aliphatic hydroxyl groups excluding tert-OH is 2. The van der Waals surface area contributed by atoms with E-state index in [1.54, 1.807) is 13.2 Å². The number of methoxy groups -OCH3 is 1. The Labute approximate surface area is 164 Å². The number of likely N-dealkylation sites (tertiary alicyclic amines) is 1. The number of urea groups is 1. The Bertz CT molecular complexity index is 781. The normalized spacial score (nSPS) is 18.9. The fourth-order valence-electron chi connectivity index (χ4n) is 3.26. The SMILES string of the molecule is COc1ccc(COCc2cccc(NC(=O)N3C[C@@H](O)C[C@H]3CO)c2)cc1. The van der Waals surface area contributed by atoms with Crippen molar-refractivity contribution >= 4 is 11.7 Å². The van der Waals surface area contributed by atoms with Crippen LogP contribution < -0.4 is 10.1 Å². The largest absolute Gasteiger partial charge is 0.497 e. The smallest absolute Gasteiger partial charge is 0.322 e. The minimum absolute atomic E-state index is 0.163. The number of rotatable bonds is 7. The number of nitrogens with one attached hydrogen (secondary N) is 1. The van der Waals surface area contributed by atoms with E-state index < -0.39 is 6.10 Å². The molecule has 3 rings (SSSR count). The maximum absolute atomic E-state index is 12.4. The Hall–Kier alpha value is -2.61. The van der Waals surface area contributed by atoms with Crippen LogP contribution in [0.3, 0.4) is 0 Å². The van der Waals surface area contributed by atoms with Gasteiger partial charge in [0.15, 0.2) is 0 Å². The molecule has 0 aliphatic carbocycles. The third-order valence-corrected chi connectivity index (χ3v) is 4.74. The highest BCUT2D eigenvalue weighted by Crippen LogP contribution is 2.20. The lowest BCUT2D eigenvalue weighted by Crippen LogP contribution is -2.40. The fraction of sp³-hybridized carbons (Fsp3) is 0.381. The molecule has 1 heterocycles.